The van der Waals surface area contributed by atoms with Gasteiger partial charge in [-0.2, -0.15) is 0 Å². The lowest BCUT2D eigenvalue weighted by Crippen LogP contribution is -2.04. The number of imidazole rings is 1. The van der Waals surface area contributed by atoms with Crippen LogP contribution in [0.2, 0.25) is 0 Å². The molecule has 0 atom stereocenters. The second kappa shape index (κ2) is 6.02. The summed E-state index contributed by atoms with van der Waals surface area (Å²) in [6.07, 6.45) is 1.02. The molecule has 4 nitrogen and oxygen atoms in total. The Bertz CT molecular complexity index is 804. The van der Waals surface area contributed by atoms with Gasteiger partial charge in [0, 0.05) is 5.56 Å². The zero-order valence-electron chi connectivity index (χ0n) is 12.7. The van der Waals surface area contributed by atoms with Crippen molar-refractivity contribution >= 4 is 17.0 Å². The van der Waals surface area contributed by atoms with Gasteiger partial charge in [-0.25, -0.2) is 9.78 Å². The van der Waals surface area contributed by atoms with Crippen LogP contribution < -0.4 is 0 Å². The smallest absolute Gasteiger partial charge is 0.338 e. The van der Waals surface area contributed by atoms with Crippen molar-refractivity contribution in [2.24, 2.45) is 0 Å². The third-order valence-corrected chi connectivity index (χ3v) is 3.63. The average molecular weight is 294 g/mol. The van der Waals surface area contributed by atoms with Gasteiger partial charge < -0.3 is 9.72 Å². The summed E-state index contributed by atoms with van der Waals surface area (Å²) in [4.78, 5) is 19.6. The van der Waals surface area contributed by atoms with Crippen LogP contribution in [-0.4, -0.2) is 22.5 Å². The lowest BCUT2D eigenvalue weighted by molar-refractivity contribution is 0.0526. The molecule has 112 valence electrons. The van der Waals surface area contributed by atoms with Crippen LogP contribution in [-0.2, 0) is 11.2 Å². The van der Waals surface area contributed by atoms with E-state index in [-0.39, 0.29) is 5.97 Å². The van der Waals surface area contributed by atoms with Gasteiger partial charge in [-0.05, 0) is 37.1 Å². The molecule has 1 N–H and O–H groups in total. The zero-order chi connectivity index (χ0) is 15.5. The van der Waals surface area contributed by atoms with E-state index >= 15 is 0 Å². The molecule has 0 spiro atoms. The number of H-pyrrole nitrogens is 1. The summed E-state index contributed by atoms with van der Waals surface area (Å²) in [5.74, 6) is 0.492. The third kappa shape index (κ3) is 2.72. The van der Waals surface area contributed by atoms with Crippen LogP contribution in [0.3, 0.4) is 0 Å². The predicted octanol–water partition coefficient (Wildman–Crippen LogP) is 3.97. The molecule has 0 aliphatic rings. The maximum absolute atomic E-state index is 11.8. The average Bonchev–Trinajstić information content (AvgIpc) is 2.98. The van der Waals surface area contributed by atoms with E-state index in [0.717, 1.165) is 28.8 Å². The molecule has 1 heterocycles. The maximum atomic E-state index is 11.8. The van der Waals surface area contributed by atoms with Crippen molar-refractivity contribution < 1.29 is 9.53 Å². The van der Waals surface area contributed by atoms with Crippen molar-refractivity contribution in [2.45, 2.75) is 20.3 Å². The van der Waals surface area contributed by atoms with Gasteiger partial charge in [-0.3, -0.25) is 0 Å². The standard InChI is InChI=1S/C18H18N2O2/c1-3-12-5-7-13(8-6-12)17-19-15-10-9-14(11-16(15)20-17)18(21)22-4-2/h5-11H,3-4H2,1-2H3,(H,19,20). The molecule has 3 rings (SSSR count). The van der Waals surface area contributed by atoms with E-state index in [2.05, 4.69) is 41.2 Å². The van der Waals surface area contributed by atoms with E-state index in [1.54, 1.807) is 19.1 Å². The summed E-state index contributed by atoms with van der Waals surface area (Å²) in [6, 6.07) is 13.7. The molecule has 0 saturated heterocycles. The van der Waals surface area contributed by atoms with Gasteiger partial charge in [0.15, 0.2) is 0 Å². The number of aryl methyl sites for hydroxylation is 1. The number of nitrogens with zero attached hydrogens (tertiary/aromatic N) is 1. The number of carbonyl (C=O) groups is 1. The monoisotopic (exact) mass is 294 g/mol. The molecule has 0 aliphatic heterocycles. The molecular formula is C18H18N2O2. The second-order valence-electron chi connectivity index (χ2n) is 5.09. The van der Waals surface area contributed by atoms with Crippen LogP contribution in [0.5, 0.6) is 0 Å². The summed E-state index contributed by atoms with van der Waals surface area (Å²) in [6.45, 7) is 4.30. The Morgan fingerprint density at radius 3 is 2.59 bits per heavy atom. The Kier molecular flexibility index (Phi) is 3.92. The van der Waals surface area contributed by atoms with Gasteiger partial charge in [-0.15, -0.1) is 0 Å². The minimum Gasteiger partial charge on any atom is -0.462 e. The number of esters is 1. The summed E-state index contributed by atoms with van der Waals surface area (Å²) < 4.78 is 5.02. The van der Waals surface area contributed by atoms with Gasteiger partial charge in [0.05, 0.1) is 23.2 Å². The van der Waals surface area contributed by atoms with Gasteiger partial charge in [-0.1, -0.05) is 31.2 Å². The number of benzene rings is 2. The molecule has 0 aliphatic carbocycles. The van der Waals surface area contributed by atoms with Crippen LogP contribution in [0.15, 0.2) is 42.5 Å². The number of fused-ring (bicyclic) bond motifs is 1. The Morgan fingerprint density at radius 1 is 1.14 bits per heavy atom. The number of carbonyl (C=O) groups excluding carboxylic acids is 1. The first-order valence-electron chi connectivity index (χ1n) is 7.47. The Morgan fingerprint density at radius 2 is 1.91 bits per heavy atom. The fourth-order valence-electron chi connectivity index (χ4n) is 2.39. The Hall–Kier alpha value is -2.62. The first-order chi connectivity index (χ1) is 10.7. The Balaban J connectivity index is 1.96. The molecule has 0 radical (unpaired) electrons. The lowest BCUT2D eigenvalue weighted by atomic mass is 10.1. The number of rotatable bonds is 4. The minimum absolute atomic E-state index is 0.312. The highest BCUT2D eigenvalue weighted by molar-refractivity contribution is 5.94. The third-order valence-electron chi connectivity index (χ3n) is 3.63. The number of ether oxygens (including phenoxy) is 1. The van der Waals surface area contributed by atoms with Crippen molar-refractivity contribution in [2.75, 3.05) is 6.61 Å². The molecule has 3 aromatic rings. The molecule has 0 bridgehead atoms. The van der Waals surface area contributed by atoms with E-state index in [1.165, 1.54) is 5.56 Å². The fraction of sp³-hybridized carbons (Fsp3) is 0.222. The maximum Gasteiger partial charge on any atom is 0.338 e. The molecule has 0 amide bonds. The molecular weight excluding hydrogens is 276 g/mol. The van der Waals surface area contributed by atoms with Crippen LogP contribution in [0, 0.1) is 0 Å². The SMILES string of the molecule is CCOC(=O)c1ccc2nc(-c3ccc(CC)cc3)[nH]c2c1. The topological polar surface area (TPSA) is 55.0 Å². The van der Waals surface area contributed by atoms with E-state index in [4.69, 9.17) is 4.74 Å². The van der Waals surface area contributed by atoms with Crippen molar-refractivity contribution in [3.8, 4) is 11.4 Å². The summed E-state index contributed by atoms with van der Waals surface area (Å²) in [5.41, 5.74) is 4.53. The van der Waals surface area contributed by atoms with E-state index in [9.17, 15) is 4.79 Å². The quantitative estimate of drug-likeness (QED) is 0.741. The van der Waals surface area contributed by atoms with Gasteiger partial charge in [0.2, 0.25) is 0 Å². The van der Waals surface area contributed by atoms with E-state index in [1.807, 2.05) is 6.07 Å². The lowest BCUT2D eigenvalue weighted by Gasteiger charge is -2.00. The van der Waals surface area contributed by atoms with Crippen molar-refractivity contribution in [1.82, 2.24) is 9.97 Å². The second-order valence-corrected chi connectivity index (χ2v) is 5.09. The number of aromatic amines is 1. The number of nitrogens with one attached hydrogen (secondary N) is 1. The van der Waals surface area contributed by atoms with Crippen LogP contribution >= 0.6 is 0 Å². The zero-order valence-corrected chi connectivity index (χ0v) is 12.7. The summed E-state index contributed by atoms with van der Waals surface area (Å²) in [5, 5.41) is 0. The van der Waals surface area contributed by atoms with Crippen molar-refractivity contribution in [3.05, 3.63) is 53.6 Å². The molecule has 0 fully saturated rings. The highest BCUT2D eigenvalue weighted by Gasteiger charge is 2.10. The molecule has 0 saturated carbocycles. The molecule has 1 aromatic heterocycles. The van der Waals surface area contributed by atoms with Crippen LogP contribution in [0.1, 0.15) is 29.8 Å². The van der Waals surface area contributed by atoms with Gasteiger partial charge in [0.1, 0.15) is 5.82 Å². The molecule has 0 unspecified atom stereocenters. The first kappa shape index (κ1) is 14.3. The van der Waals surface area contributed by atoms with E-state index < -0.39 is 0 Å². The molecule has 22 heavy (non-hydrogen) atoms. The number of aromatic nitrogens is 2. The molecule has 2 aromatic carbocycles. The fourth-order valence-corrected chi connectivity index (χ4v) is 2.39. The highest BCUT2D eigenvalue weighted by atomic mass is 16.5. The number of hydrogen-bond donors (Lipinski definition) is 1. The van der Waals surface area contributed by atoms with Crippen molar-refractivity contribution in [1.29, 1.82) is 0 Å². The normalized spacial score (nSPS) is 10.8. The van der Waals surface area contributed by atoms with Crippen molar-refractivity contribution in [3.63, 3.8) is 0 Å². The largest absolute Gasteiger partial charge is 0.462 e. The highest BCUT2D eigenvalue weighted by Crippen LogP contribution is 2.22. The first-order valence-corrected chi connectivity index (χ1v) is 7.47. The summed E-state index contributed by atoms with van der Waals surface area (Å²) in [7, 11) is 0. The minimum atomic E-state index is -0.312. The van der Waals surface area contributed by atoms with Gasteiger partial charge in [0.25, 0.3) is 0 Å². The summed E-state index contributed by atoms with van der Waals surface area (Å²) >= 11 is 0. The van der Waals surface area contributed by atoms with Crippen LogP contribution in [0.4, 0.5) is 0 Å². The predicted molar refractivity (Wildman–Crippen MR) is 86.9 cm³/mol. The Labute approximate surface area is 129 Å². The number of hydrogen-bond acceptors (Lipinski definition) is 3. The van der Waals surface area contributed by atoms with Crippen LogP contribution in [0.25, 0.3) is 22.4 Å². The molecule has 4 heteroatoms. The van der Waals surface area contributed by atoms with Gasteiger partial charge >= 0.3 is 5.97 Å². The van der Waals surface area contributed by atoms with E-state index in [0.29, 0.717) is 12.2 Å².